The van der Waals surface area contributed by atoms with Crippen LogP contribution in [-0.2, 0) is 11.2 Å². The zero-order valence-electron chi connectivity index (χ0n) is 14.0. The zero-order valence-corrected chi connectivity index (χ0v) is 14.8. The Hall–Kier alpha value is -2.52. The van der Waals surface area contributed by atoms with Crippen molar-refractivity contribution in [3.63, 3.8) is 0 Å². The summed E-state index contributed by atoms with van der Waals surface area (Å²) >= 11 is 1.50. The van der Waals surface area contributed by atoms with Gasteiger partial charge in [0.2, 0.25) is 5.91 Å². The molecule has 2 heterocycles. The van der Waals surface area contributed by atoms with Gasteiger partial charge in [-0.2, -0.15) is 5.26 Å². The minimum atomic E-state index is 0.0625. The number of hydrogen-bond donors (Lipinski definition) is 1. The monoisotopic (exact) mass is 350 g/mol. The summed E-state index contributed by atoms with van der Waals surface area (Å²) in [6, 6.07) is 12.5. The molecule has 1 amide bonds. The van der Waals surface area contributed by atoms with Gasteiger partial charge in [-0.15, -0.1) is 0 Å². The third-order valence-corrected chi connectivity index (χ3v) is 5.41. The molecule has 1 aliphatic carbocycles. The molecule has 0 bridgehead atoms. The number of nitriles is 1. The van der Waals surface area contributed by atoms with Crippen molar-refractivity contribution in [3.8, 4) is 6.07 Å². The number of benzene rings is 1. The quantitative estimate of drug-likeness (QED) is 0.717. The lowest BCUT2D eigenvalue weighted by Gasteiger charge is -2.11. The smallest absolute Gasteiger partial charge is 0.230 e. The van der Waals surface area contributed by atoms with Crippen LogP contribution >= 0.6 is 11.8 Å². The fraction of sp³-hybridized carbons (Fsp3) is 0.316. The Kier molecular flexibility index (Phi) is 4.10. The number of thioether (sulfide) groups is 1. The summed E-state index contributed by atoms with van der Waals surface area (Å²) in [4.78, 5) is 16.7. The second kappa shape index (κ2) is 6.41. The van der Waals surface area contributed by atoms with Crippen LogP contribution in [0.3, 0.4) is 0 Å². The predicted octanol–water partition coefficient (Wildman–Crippen LogP) is 3.29. The fourth-order valence-electron chi connectivity index (χ4n) is 2.99. The maximum Gasteiger partial charge on any atom is 0.230 e. The highest BCUT2D eigenvalue weighted by Gasteiger charge is 2.23. The van der Waals surface area contributed by atoms with Gasteiger partial charge in [-0.3, -0.25) is 9.20 Å². The van der Waals surface area contributed by atoms with Gasteiger partial charge in [0, 0.05) is 6.04 Å². The largest absolute Gasteiger partial charge is 0.353 e. The van der Waals surface area contributed by atoms with Crippen LogP contribution in [0.15, 0.2) is 35.4 Å². The molecular formula is C19H18N4OS. The molecule has 0 atom stereocenters. The molecule has 126 valence electrons. The Morgan fingerprint density at radius 2 is 2.24 bits per heavy atom. The molecule has 2 aromatic heterocycles. The third-order valence-electron chi connectivity index (χ3n) is 4.41. The zero-order chi connectivity index (χ0) is 17.4. The first kappa shape index (κ1) is 16.0. The summed E-state index contributed by atoms with van der Waals surface area (Å²) < 4.78 is 2.00. The van der Waals surface area contributed by atoms with Gasteiger partial charge < -0.3 is 5.32 Å². The molecule has 25 heavy (non-hydrogen) atoms. The first-order valence-corrected chi connectivity index (χ1v) is 9.45. The van der Waals surface area contributed by atoms with Gasteiger partial charge >= 0.3 is 0 Å². The van der Waals surface area contributed by atoms with Crippen LogP contribution in [0.25, 0.3) is 16.7 Å². The normalized spacial score (nSPS) is 13.9. The molecule has 1 aromatic carbocycles. The van der Waals surface area contributed by atoms with E-state index >= 15 is 0 Å². The van der Waals surface area contributed by atoms with Crippen molar-refractivity contribution in [2.75, 3.05) is 5.75 Å². The van der Waals surface area contributed by atoms with E-state index in [2.05, 4.69) is 16.4 Å². The second-order valence-corrected chi connectivity index (χ2v) is 7.23. The van der Waals surface area contributed by atoms with Crippen LogP contribution in [0.5, 0.6) is 0 Å². The molecule has 0 radical (unpaired) electrons. The Labute approximate surface area is 150 Å². The minimum Gasteiger partial charge on any atom is -0.353 e. The van der Waals surface area contributed by atoms with Crippen LogP contribution < -0.4 is 5.32 Å². The highest BCUT2D eigenvalue weighted by atomic mass is 32.2. The summed E-state index contributed by atoms with van der Waals surface area (Å²) in [6.07, 6.45) is 2.93. The number of amides is 1. The maximum atomic E-state index is 12.1. The van der Waals surface area contributed by atoms with E-state index in [1.54, 1.807) is 0 Å². The maximum absolute atomic E-state index is 12.1. The topological polar surface area (TPSA) is 70.2 Å². The minimum absolute atomic E-state index is 0.0625. The van der Waals surface area contributed by atoms with E-state index in [4.69, 9.17) is 0 Å². The summed E-state index contributed by atoms with van der Waals surface area (Å²) in [5.74, 6) is 0.431. The number of imidazole rings is 1. The number of carbonyl (C=O) groups is 1. The summed E-state index contributed by atoms with van der Waals surface area (Å²) in [6.45, 7) is 2.03. The number of nitrogens with one attached hydrogen (secondary N) is 1. The first-order valence-electron chi connectivity index (χ1n) is 8.46. The van der Waals surface area contributed by atoms with Gasteiger partial charge in [0.15, 0.2) is 5.65 Å². The van der Waals surface area contributed by atoms with Crippen molar-refractivity contribution in [1.82, 2.24) is 14.7 Å². The second-order valence-electron chi connectivity index (χ2n) is 6.24. The van der Waals surface area contributed by atoms with E-state index in [1.807, 2.05) is 41.7 Å². The van der Waals surface area contributed by atoms with Crippen molar-refractivity contribution in [1.29, 1.82) is 5.26 Å². The number of aryl methyl sites for hydroxylation is 1. The predicted molar refractivity (Wildman–Crippen MR) is 98.7 cm³/mol. The van der Waals surface area contributed by atoms with Gasteiger partial charge in [-0.1, -0.05) is 30.8 Å². The average molecular weight is 350 g/mol. The molecular weight excluding hydrogens is 332 g/mol. The number of hydrogen-bond acceptors (Lipinski definition) is 4. The van der Waals surface area contributed by atoms with Gasteiger partial charge in [-0.05, 0) is 43.0 Å². The molecule has 0 unspecified atom stereocenters. The van der Waals surface area contributed by atoms with Crippen LogP contribution in [0.4, 0.5) is 0 Å². The average Bonchev–Trinajstić information content (AvgIpc) is 3.35. The summed E-state index contributed by atoms with van der Waals surface area (Å²) in [5.41, 5.74) is 4.08. The number of carbonyl (C=O) groups excluding carboxylic acids is 1. The molecule has 6 heteroatoms. The van der Waals surface area contributed by atoms with E-state index < -0.39 is 0 Å². The number of aromatic nitrogens is 2. The van der Waals surface area contributed by atoms with Crippen molar-refractivity contribution in [2.45, 2.75) is 37.3 Å². The number of nitrogens with zero attached hydrogens (tertiary/aromatic N) is 3. The summed E-state index contributed by atoms with van der Waals surface area (Å²) in [5, 5.41) is 13.6. The molecule has 0 aliphatic heterocycles. The Bertz CT molecular complexity index is 1010. The van der Waals surface area contributed by atoms with Crippen molar-refractivity contribution in [3.05, 3.63) is 41.5 Å². The van der Waals surface area contributed by atoms with Crippen LogP contribution in [-0.4, -0.2) is 27.1 Å². The van der Waals surface area contributed by atoms with Gasteiger partial charge in [-0.25, -0.2) is 4.98 Å². The Morgan fingerprint density at radius 3 is 2.96 bits per heavy atom. The molecule has 5 nitrogen and oxygen atoms in total. The molecule has 3 aromatic rings. The van der Waals surface area contributed by atoms with E-state index in [-0.39, 0.29) is 5.91 Å². The summed E-state index contributed by atoms with van der Waals surface area (Å²) in [7, 11) is 0. The lowest BCUT2D eigenvalue weighted by molar-refractivity contribution is -0.118. The van der Waals surface area contributed by atoms with Crippen molar-refractivity contribution < 1.29 is 4.79 Å². The molecule has 1 fully saturated rings. The highest BCUT2D eigenvalue weighted by Crippen LogP contribution is 2.30. The molecule has 1 N–H and O–H groups in total. The number of fused-ring (bicyclic) bond motifs is 3. The Morgan fingerprint density at radius 1 is 1.44 bits per heavy atom. The number of para-hydroxylation sites is 2. The van der Waals surface area contributed by atoms with Crippen molar-refractivity contribution >= 4 is 34.3 Å². The third kappa shape index (κ3) is 2.96. The van der Waals surface area contributed by atoms with Gasteiger partial charge in [0.05, 0.1) is 27.4 Å². The van der Waals surface area contributed by atoms with Crippen LogP contribution in [0.2, 0.25) is 0 Å². The number of rotatable bonds is 5. The highest BCUT2D eigenvalue weighted by molar-refractivity contribution is 7.99. The van der Waals surface area contributed by atoms with E-state index in [9.17, 15) is 10.1 Å². The van der Waals surface area contributed by atoms with Crippen molar-refractivity contribution in [2.24, 2.45) is 0 Å². The first-order chi connectivity index (χ1) is 12.2. The van der Waals surface area contributed by atoms with E-state index in [0.717, 1.165) is 40.9 Å². The standard InChI is InChI=1S/C19H18N4OS/c1-2-12-9-18(25-11-17(24)21-13-7-8-13)23-16-6-4-3-5-15(16)22-19(23)14(12)10-20/h3-6,9,13H,2,7-8,11H2,1H3,(H,21,24). The molecule has 1 aliphatic rings. The molecule has 1 saturated carbocycles. The lowest BCUT2D eigenvalue weighted by Crippen LogP contribution is -2.27. The van der Waals surface area contributed by atoms with Gasteiger partial charge in [0.25, 0.3) is 0 Å². The van der Waals surface area contributed by atoms with Crippen LogP contribution in [0, 0.1) is 11.3 Å². The van der Waals surface area contributed by atoms with E-state index in [1.165, 1.54) is 11.8 Å². The molecule has 0 saturated heterocycles. The fourth-order valence-corrected chi connectivity index (χ4v) is 3.89. The van der Waals surface area contributed by atoms with E-state index in [0.29, 0.717) is 23.0 Å². The lowest BCUT2D eigenvalue weighted by atomic mass is 10.1. The van der Waals surface area contributed by atoms with Crippen LogP contribution in [0.1, 0.15) is 30.9 Å². The number of pyridine rings is 1. The molecule has 4 rings (SSSR count). The SMILES string of the molecule is CCc1cc(SCC(=O)NC2CC2)n2c(nc3ccccc32)c1C#N. The Balaban J connectivity index is 1.81. The molecule has 0 spiro atoms. The van der Waals surface area contributed by atoms with Gasteiger partial charge in [0.1, 0.15) is 6.07 Å².